The average Bonchev–Trinajstić information content (AvgIpc) is 1.88. The maximum atomic E-state index is 10.3. The van der Waals surface area contributed by atoms with Crippen molar-refractivity contribution in [3.05, 3.63) is 0 Å². The summed E-state index contributed by atoms with van der Waals surface area (Å²) in [4.78, 5) is 20.3. The van der Waals surface area contributed by atoms with Crippen molar-refractivity contribution in [1.82, 2.24) is 0 Å². The molecule has 5 nitrogen and oxygen atoms in total. The molecule has 1 unspecified atom stereocenters. The van der Waals surface area contributed by atoms with E-state index in [-0.39, 0.29) is 6.42 Å². The van der Waals surface area contributed by atoms with Gasteiger partial charge >= 0.3 is 11.9 Å². The van der Waals surface area contributed by atoms with Gasteiger partial charge in [-0.1, -0.05) is 6.92 Å². The van der Waals surface area contributed by atoms with Crippen LogP contribution < -0.4 is 0 Å². The van der Waals surface area contributed by atoms with E-state index in [1.165, 1.54) is 6.92 Å². The first-order chi connectivity index (χ1) is 5.00. The largest absolute Gasteiger partial charge is 0.481 e. The third-order valence-corrected chi connectivity index (χ3v) is 1.39. The lowest BCUT2D eigenvalue weighted by molar-refractivity contribution is -0.159. The number of rotatable bonds is 4. The van der Waals surface area contributed by atoms with Crippen molar-refractivity contribution >= 4 is 11.9 Å². The fraction of sp³-hybridized carbons (Fsp3) is 0.667. The van der Waals surface area contributed by atoms with Gasteiger partial charge in [-0.25, -0.2) is 4.79 Å². The topological polar surface area (TPSA) is 94.8 Å². The number of carbonyl (C=O) groups is 2. The van der Waals surface area contributed by atoms with Crippen LogP contribution in [-0.4, -0.2) is 33.4 Å². The SMILES string of the molecule is CCC(C(=O)O)[C@H](O)C(=O)O. The molecule has 0 saturated carbocycles. The fourth-order valence-corrected chi connectivity index (χ4v) is 0.705. The maximum Gasteiger partial charge on any atom is 0.333 e. The van der Waals surface area contributed by atoms with E-state index in [1.807, 2.05) is 0 Å². The van der Waals surface area contributed by atoms with Gasteiger partial charge in [0.05, 0.1) is 5.92 Å². The Bertz CT molecular complexity index is 164. The minimum absolute atomic E-state index is 0.100. The van der Waals surface area contributed by atoms with E-state index in [0.717, 1.165) is 0 Å². The molecule has 11 heavy (non-hydrogen) atoms. The highest BCUT2D eigenvalue weighted by Gasteiger charge is 2.29. The van der Waals surface area contributed by atoms with E-state index in [4.69, 9.17) is 15.3 Å². The van der Waals surface area contributed by atoms with E-state index < -0.39 is 24.0 Å². The minimum Gasteiger partial charge on any atom is -0.481 e. The van der Waals surface area contributed by atoms with Crippen LogP contribution in [0.25, 0.3) is 0 Å². The summed E-state index contributed by atoms with van der Waals surface area (Å²) in [7, 11) is 0. The molecule has 0 aromatic rings. The Morgan fingerprint density at radius 1 is 1.27 bits per heavy atom. The lowest BCUT2D eigenvalue weighted by Gasteiger charge is -2.12. The number of carboxylic acid groups (broad SMARTS) is 2. The molecule has 0 fully saturated rings. The number of aliphatic carboxylic acids is 2. The smallest absolute Gasteiger partial charge is 0.333 e. The van der Waals surface area contributed by atoms with Gasteiger partial charge in [0.15, 0.2) is 6.10 Å². The quantitative estimate of drug-likeness (QED) is 0.520. The van der Waals surface area contributed by atoms with E-state index in [0.29, 0.717) is 0 Å². The molecule has 3 N–H and O–H groups in total. The van der Waals surface area contributed by atoms with Gasteiger partial charge in [0.25, 0.3) is 0 Å². The van der Waals surface area contributed by atoms with Crippen LogP contribution in [0, 0.1) is 5.92 Å². The van der Waals surface area contributed by atoms with Crippen molar-refractivity contribution in [3.63, 3.8) is 0 Å². The number of hydrogen-bond donors (Lipinski definition) is 3. The lowest BCUT2D eigenvalue weighted by Crippen LogP contribution is -2.34. The summed E-state index contributed by atoms with van der Waals surface area (Å²) in [5.41, 5.74) is 0. The standard InChI is InChI=1S/C6H10O5/c1-2-3(5(8)9)4(7)6(10)11/h3-4,7H,2H2,1H3,(H,8,9)(H,10,11)/t3?,4-/m0/s1. The molecule has 0 amide bonds. The molecule has 0 aromatic carbocycles. The molecule has 0 rings (SSSR count). The molecule has 5 heteroatoms. The Labute approximate surface area is 63.3 Å². The van der Waals surface area contributed by atoms with Crippen LogP contribution in [0.3, 0.4) is 0 Å². The van der Waals surface area contributed by atoms with Crippen molar-refractivity contribution in [1.29, 1.82) is 0 Å². The Hall–Kier alpha value is -1.10. The zero-order valence-corrected chi connectivity index (χ0v) is 6.02. The van der Waals surface area contributed by atoms with Crippen LogP contribution in [0.2, 0.25) is 0 Å². The van der Waals surface area contributed by atoms with Crippen LogP contribution in [0.5, 0.6) is 0 Å². The average molecular weight is 162 g/mol. The normalized spacial score (nSPS) is 15.5. The zero-order valence-electron chi connectivity index (χ0n) is 6.02. The highest BCUT2D eigenvalue weighted by molar-refractivity contribution is 5.81. The van der Waals surface area contributed by atoms with Gasteiger partial charge in [-0.2, -0.15) is 0 Å². The van der Waals surface area contributed by atoms with Crippen molar-refractivity contribution in [2.45, 2.75) is 19.4 Å². The zero-order chi connectivity index (χ0) is 9.02. The van der Waals surface area contributed by atoms with Gasteiger partial charge in [-0.05, 0) is 6.42 Å². The Morgan fingerprint density at radius 2 is 1.73 bits per heavy atom. The molecule has 0 saturated heterocycles. The number of carboxylic acids is 2. The second-order valence-electron chi connectivity index (χ2n) is 2.14. The van der Waals surface area contributed by atoms with Crippen LogP contribution in [0.4, 0.5) is 0 Å². The minimum atomic E-state index is -1.81. The first kappa shape index (κ1) is 9.90. The number of hydrogen-bond acceptors (Lipinski definition) is 3. The van der Waals surface area contributed by atoms with Gasteiger partial charge in [0, 0.05) is 0 Å². The van der Waals surface area contributed by atoms with Crippen LogP contribution in [0.15, 0.2) is 0 Å². The van der Waals surface area contributed by atoms with E-state index in [9.17, 15) is 9.59 Å². The molecule has 0 spiro atoms. The van der Waals surface area contributed by atoms with Gasteiger partial charge in [0.1, 0.15) is 0 Å². The van der Waals surface area contributed by atoms with Crippen molar-refractivity contribution in [2.75, 3.05) is 0 Å². The summed E-state index contributed by atoms with van der Waals surface area (Å²) in [6.07, 6.45) is -1.71. The van der Waals surface area contributed by atoms with Gasteiger partial charge < -0.3 is 15.3 Å². The van der Waals surface area contributed by atoms with Crippen molar-refractivity contribution < 1.29 is 24.9 Å². The summed E-state index contributed by atoms with van der Waals surface area (Å²) in [6.45, 7) is 1.50. The third kappa shape index (κ3) is 2.55. The number of aliphatic hydroxyl groups excluding tert-OH is 1. The highest BCUT2D eigenvalue weighted by atomic mass is 16.4. The molecule has 64 valence electrons. The molecular formula is C6H10O5. The first-order valence-electron chi connectivity index (χ1n) is 3.14. The summed E-state index contributed by atoms with van der Waals surface area (Å²) >= 11 is 0. The predicted molar refractivity (Wildman–Crippen MR) is 35.1 cm³/mol. The predicted octanol–water partition coefficient (Wildman–Crippen LogP) is -0.457. The Kier molecular flexibility index (Phi) is 3.53. The molecule has 0 aliphatic heterocycles. The summed E-state index contributed by atoms with van der Waals surface area (Å²) in [6, 6.07) is 0. The highest BCUT2D eigenvalue weighted by Crippen LogP contribution is 2.08. The molecule has 0 aromatic heterocycles. The van der Waals surface area contributed by atoms with E-state index in [1.54, 1.807) is 0 Å². The molecule has 0 radical (unpaired) electrons. The van der Waals surface area contributed by atoms with Crippen LogP contribution in [0.1, 0.15) is 13.3 Å². The molecule has 0 aliphatic carbocycles. The van der Waals surface area contributed by atoms with E-state index in [2.05, 4.69) is 0 Å². The Balaban J connectivity index is 4.25. The second-order valence-corrected chi connectivity index (χ2v) is 2.14. The van der Waals surface area contributed by atoms with Crippen molar-refractivity contribution in [2.24, 2.45) is 5.92 Å². The van der Waals surface area contributed by atoms with Gasteiger partial charge in [-0.15, -0.1) is 0 Å². The van der Waals surface area contributed by atoms with Crippen LogP contribution in [-0.2, 0) is 9.59 Å². The summed E-state index contributed by atoms with van der Waals surface area (Å²) < 4.78 is 0. The second kappa shape index (κ2) is 3.92. The van der Waals surface area contributed by atoms with Gasteiger partial charge in [0.2, 0.25) is 0 Å². The lowest BCUT2D eigenvalue weighted by atomic mass is 10.0. The summed E-state index contributed by atoms with van der Waals surface area (Å²) in [5.74, 6) is -4.01. The molecular weight excluding hydrogens is 152 g/mol. The molecule has 0 heterocycles. The number of aliphatic hydroxyl groups is 1. The van der Waals surface area contributed by atoms with Crippen LogP contribution >= 0.6 is 0 Å². The first-order valence-corrected chi connectivity index (χ1v) is 3.14. The van der Waals surface area contributed by atoms with Crippen molar-refractivity contribution in [3.8, 4) is 0 Å². The monoisotopic (exact) mass is 162 g/mol. The fourth-order valence-electron chi connectivity index (χ4n) is 0.705. The third-order valence-electron chi connectivity index (χ3n) is 1.39. The molecule has 0 bridgehead atoms. The van der Waals surface area contributed by atoms with E-state index >= 15 is 0 Å². The molecule has 0 aliphatic rings. The Morgan fingerprint density at radius 3 is 1.82 bits per heavy atom. The molecule has 2 atom stereocenters. The maximum absolute atomic E-state index is 10.3. The summed E-state index contributed by atoms with van der Waals surface area (Å²) in [5, 5.41) is 25.4. The van der Waals surface area contributed by atoms with Gasteiger partial charge in [-0.3, -0.25) is 4.79 Å².